The summed E-state index contributed by atoms with van der Waals surface area (Å²) in [5.74, 6) is 0. The molecule has 0 aliphatic heterocycles. The third-order valence-electron chi connectivity index (χ3n) is 2.59. The molecule has 4 heteroatoms. The Kier molecular flexibility index (Phi) is 3.01. The highest BCUT2D eigenvalue weighted by Crippen LogP contribution is 2.17. The van der Waals surface area contributed by atoms with Crippen molar-refractivity contribution in [3.05, 3.63) is 47.5 Å². The van der Waals surface area contributed by atoms with Crippen molar-refractivity contribution in [1.82, 2.24) is 14.8 Å². The van der Waals surface area contributed by atoms with Gasteiger partial charge >= 0.3 is 0 Å². The number of aliphatic hydroxyl groups excluding tert-OH is 1. The lowest BCUT2D eigenvalue weighted by Gasteiger charge is -2.10. The van der Waals surface area contributed by atoms with Crippen LogP contribution in [0.25, 0.3) is 0 Å². The third-order valence-corrected chi connectivity index (χ3v) is 2.59. The Labute approximate surface area is 94.6 Å². The predicted molar refractivity (Wildman–Crippen MR) is 60.8 cm³/mol. The lowest BCUT2D eigenvalue weighted by molar-refractivity contribution is 0.175. The van der Waals surface area contributed by atoms with Crippen molar-refractivity contribution in [2.75, 3.05) is 0 Å². The van der Waals surface area contributed by atoms with Gasteiger partial charge in [-0.3, -0.25) is 9.67 Å². The third kappa shape index (κ3) is 2.28. The van der Waals surface area contributed by atoms with E-state index >= 15 is 0 Å². The zero-order chi connectivity index (χ0) is 11.5. The molecule has 0 aliphatic carbocycles. The molecule has 1 unspecified atom stereocenters. The predicted octanol–water partition coefficient (Wildman–Crippen LogP) is 1.40. The van der Waals surface area contributed by atoms with E-state index < -0.39 is 6.10 Å². The molecular weight excluding hydrogens is 202 g/mol. The van der Waals surface area contributed by atoms with Crippen LogP contribution in [0, 0.1) is 6.92 Å². The van der Waals surface area contributed by atoms with Crippen molar-refractivity contribution < 1.29 is 5.11 Å². The molecule has 16 heavy (non-hydrogen) atoms. The van der Waals surface area contributed by atoms with Gasteiger partial charge in [-0.2, -0.15) is 5.10 Å². The topological polar surface area (TPSA) is 50.9 Å². The molecule has 0 saturated carbocycles. The molecule has 0 aromatic carbocycles. The quantitative estimate of drug-likeness (QED) is 0.845. The highest BCUT2D eigenvalue weighted by molar-refractivity contribution is 5.17. The summed E-state index contributed by atoms with van der Waals surface area (Å²) in [5, 5.41) is 14.3. The fraction of sp³-hybridized carbons (Fsp3) is 0.333. The van der Waals surface area contributed by atoms with E-state index in [4.69, 9.17) is 0 Å². The maximum atomic E-state index is 10.0. The summed E-state index contributed by atoms with van der Waals surface area (Å²) in [6.45, 7) is 1.95. The van der Waals surface area contributed by atoms with Crippen LogP contribution in [0.15, 0.2) is 30.6 Å². The standard InChI is InChI=1S/C12H15N3O/c1-9-7-11(15(2)14-9)8-12(16)10-3-5-13-6-4-10/h3-7,12,16H,8H2,1-2H3. The second-order valence-corrected chi connectivity index (χ2v) is 3.90. The first-order valence-corrected chi connectivity index (χ1v) is 5.24. The molecule has 0 aliphatic rings. The van der Waals surface area contributed by atoms with Gasteiger partial charge in [0, 0.05) is 31.6 Å². The van der Waals surface area contributed by atoms with Crippen LogP contribution in [0.1, 0.15) is 23.1 Å². The van der Waals surface area contributed by atoms with Gasteiger partial charge in [-0.05, 0) is 30.7 Å². The monoisotopic (exact) mass is 217 g/mol. The number of nitrogens with zero attached hydrogens (tertiary/aromatic N) is 3. The van der Waals surface area contributed by atoms with Crippen molar-refractivity contribution in [2.45, 2.75) is 19.4 Å². The second kappa shape index (κ2) is 4.45. The molecule has 84 valence electrons. The average molecular weight is 217 g/mol. The fourth-order valence-electron chi connectivity index (χ4n) is 1.76. The van der Waals surface area contributed by atoms with E-state index in [9.17, 15) is 5.11 Å². The Morgan fingerprint density at radius 2 is 2.06 bits per heavy atom. The Morgan fingerprint density at radius 3 is 2.62 bits per heavy atom. The van der Waals surface area contributed by atoms with Gasteiger partial charge in [-0.1, -0.05) is 0 Å². The lowest BCUT2D eigenvalue weighted by Crippen LogP contribution is -2.06. The first-order valence-electron chi connectivity index (χ1n) is 5.24. The summed E-state index contributed by atoms with van der Waals surface area (Å²) < 4.78 is 1.81. The number of aliphatic hydroxyl groups is 1. The van der Waals surface area contributed by atoms with Crippen molar-refractivity contribution in [3.8, 4) is 0 Å². The molecule has 2 heterocycles. The zero-order valence-corrected chi connectivity index (χ0v) is 9.46. The van der Waals surface area contributed by atoms with Crippen LogP contribution >= 0.6 is 0 Å². The normalized spacial score (nSPS) is 12.7. The molecule has 1 atom stereocenters. The number of aryl methyl sites for hydroxylation is 2. The van der Waals surface area contributed by atoms with Crippen LogP contribution in [0.3, 0.4) is 0 Å². The van der Waals surface area contributed by atoms with Crippen molar-refractivity contribution in [1.29, 1.82) is 0 Å². The summed E-state index contributed by atoms with van der Waals surface area (Å²) in [5.41, 5.74) is 2.88. The highest BCUT2D eigenvalue weighted by Gasteiger charge is 2.11. The maximum Gasteiger partial charge on any atom is 0.0846 e. The van der Waals surface area contributed by atoms with E-state index in [-0.39, 0.29) is 0 Å². The number of hydrogen-bond donors (Lipinski definition) is 1. The van der Waals surface area contributed by atoms with Gasteiger partial charge in [0.15, 0.2) is 0 Å². The zero-order valence-electron chi connectivity index (χ0n) is 9.46. The van der Waals surface area contributed by atoms with E-state index in [0.29, 0.717) is 6.42 Å². The van der Waals surface area contributed by atoms with Gasteiger partial charge in [0.2, 0.25) is 0 Å². The molecule has 2 aromatic heterocycles. The molecule has 0 saturated heterocycles. The van der Waals surface area contributed by atoms with Crippen molar-refractivity contribution >= 4 is 0 Å². The second-order valence-electron chi connectivity index (χ2n) is 3.90. The molecule has 0 fully saturated rings. The van der Waals surface area contributed by atoms with Crippen LogP contribution in [-0.4, -0.2) is 19.9 Å². The molecule has 0 radical (unpaired) electrons. The maximum absolute atomic E-state index is 10.0. The van der Waals surface area contributed by atoms with E-state index in [1.807, 2.05) is 32.2 Å². The van der Waals surface area contributed by atoms with Crippen LogP contribution in [0.2, 0.25) is 0 Å². The van der Waals surface area contributed by atoms with Crippen molar-refractivity contribution in [2.24, 2.45) is 7.05 Å². The van der Waals surface area contributed by atoms with Crippen molar-refractivity contribution in [3.63, 3.8) is 0 Å². The molecular formula is C12H15N3O. The van der Waals surface area contributed by atoms with E-state index in [2.05, 4.69) is 10.1 Å². The van der Waals surface area contributed by atoms with Gasteiger partial charge in [-0.25, -0.2) is 0 Å². The smallest absolute Gasteiger partial charge is 0.0846 e. The summed E-state index contributed by atoms with van der Waals surface area (Å²) >= 11 is 0. The van der Waals surface area contributed by atoms with Crippen LogP contribution < -0.4 is 0 Å². The van der Waals surface area contributed by atoms with Crippen LogP contribution in [0.4, 0.5) is 0 Å². The van der Waals surface area contributed by atoms with Gasteiger partial charge in [-0.15, -0.1) is 0 Å². The molecule has 0 spiro atoms. The summed E-state index contributed by atoms with van der Waals surface area (Å²) in [6, 6.07) is 5.65. The Hall–Kier alpha value is -1.68. The summed E-state index contributed by atoms with van der Waals surface area (Å²) in [6.07, 6.45) is 3.44. The van der Waals surface area contributed by atoms with E-state index in [1.165, 1.54) is 0 Å². The summed E-state index contributed by atoms with van der Waals surface area (Å²) in [7, 11) is 1.89. The minimum Gasteiger partial charge on any atom is -0.388 e. The largest absolute Gasteiger partial charge is 0.388 e. The number of hydrogen-bond acceptors (Lipinski definition) is 3. The molecule has 2 aromatic rings. The first kappa shape index (κ1) is 10.8. The minimum atomic E-state index is -0.502. The minimum absolute atomic E-state index is 0.502. The molecule has 1 N–H and O–H groups in total. The summed E-state index contributed by atoms with van der Waals surface area (Å²) in [4.78, 5) is 3.93. The van der Waals surface area contributed by atoms with E-state index in [0.717, 1.165) is 17.0 Å². The Morgan fingerprint density at radius 1 is 1.38 bits per heavy atom. The molecule has 0 amide bonds. The molecule has 2 rings (SSSR count). The van der Waals surface area contributed by atoms with E-state index in [1.54, 1.807) is 17.1 Å². The first-order chi connectivity index (χ1) is 7.66. The van der Waals surface area contributed by atoms with Gasteiger partial charge in [0.05, 0.1) is 11.8 Å². The number of rotatable bonds is 3. The highest BCUT2D eigenvalue weighted by atomic mass is 16.3. The SMILES string of the molecule is Cc1cc(CC(O)c2ccncc2)n(C)n1. The van der Waals surface area contributed by atoms with Crippen LogP contribution in [0.5, 0.6) is 0 Å². The van der Waals surface area contributed by atoms with Gasteiger partial charge < -0.3 is 5.11 Å². The van der Waals surface area contributed by atoms with Crippen LogP contribution in [-0.2, 0) is 13.5 Å². The number of aromatic nitrogens is 3. The molecule has 4 nitrogen and oxygen atoms in total. The lowest BCUT2D eigenvalue weighted by atomic mass is 10.1. The molecule has 0 bridgehead atoms. The average Bonchev–Trinajstić information content (AvgIpc) is 2.59. The number of pyridine rings is 1. The van der Waals surface area contributed by atoms with Gasteiger partial charge in [0.1, 0.15) is 0 Å². The Balaban J connectivity index is 2.14. The van der Waals surface area contributed by atoms with Gasteiger partial charge in [0.25, 0.3) is 0 Å². The Bertz CT molecular complexity index is 464. The fourth-order valence-corrected chi connectivity index (χ4v) is 1.76.